The third kappa shape index (κ3) is 2.87. The molecule has 0 aliphatic carbocycles. The van der Waals surface area contributed by atoms with E-state index >= 15 is 0 Å². The number of nitrogens with zero attached hydrogens (tertiary/aromatic N) is 1. The number of ether oxygens (including phenoxy) is 1. The van der Waals surface area contributed by atoms with E-state index in [4.69, 9.17) is 20.8 Å². The van der Waals surface area contributed by atoms with Crippen LogP contribution >= 0.6 is 11.6 Å². The third-order valence-electron chi connectivity index (χ3n) is 3.05. The molecule has 110 valence electrons. The number of hydrogen-bond acceptors (Lipinski definition) is 4. The summed E-state index contributed by atoms with van der Waals surface area (Å²) in [4.78, 5) is 16.2. The molecular weight excluding hydrogens is 302 g/mol. The molecule has 0 amide bonds. The predicted molar refractivity (Wildman–Crippen MR) is 84.9 cm³/mol. The lowest BCUT2D eigenvalue weighted by molar-refractivity contribution is 0.0550. The minimum atomic E-state index is -0.419. The highest BCUT2D eigenvalue weighted by Crippen LogP contribution is 2.26. The summed E-state index contributed by atoms with van der Waals surface area (Å²) in [6, 6.07) is 12.2. The van der Waals surface area contributed by atoms with Crippen molar-refractivity contribution in [1.29, 1.82) is 0 Å². The van der Waals surface area contributed by atoms with Gasteiger partial charge in [0.1, 0.15) is 12.1 Å². The largest absolute Gasteiger partial charge is 0.458 e. The fourth-order valence-electron chi connectivity index (χ4n) is 1.99. The molecule has 0 saturated heterocycles. The highest BCUT2D eigenvalue weighted by molar-refractivity contribution is 6.30. The molecule has 0 aliphatic rings. The zero-order valence-electron chi connectivity index (χ0n) is 11.6. The molecule has 0 atom stereocenters. The van der Waals surface area contributed by atoms with Gasteiger partial charge < -0.3 is 9.15 Å². The Hall–Kier alpha value is -2.59. The first-order valence-electron chi connectivity index (χ1n) is 6.62. The second-order valence-electron chi connectivity index (χ2n) is 4.60. The Morgan fingerprint density at radius 1 is 1.27 bits per heavy atom. The Morgan fingerprint density at radius 2 is 2.05 bits per heavy atom. The SMILES string of the molecule is C=CCOC(=O)c1ccc2oc(-c3ccc(Cl)cc3)nc2c1. The van der Waals surface area contributed by atoms with Gasteiger partial charge in [0.25, 0.3) is 0 Å². The monoisotopic (exact) mass is 313 g/mol. The highest BCUT2D eigenvalue weighted by Gasteiger charge is 2.12. The Balaban J connectivity index is 1.94. The molecule has 0 saturated carbocycles. The number of carbonyl (C=O) groups is 1. The van der Waals surface area contributed by atoms with Crippen LogP contribution in [0.25, 0.3) is 22.6 Å². The van der Waals surface area contributed by atoms with Crippen molar-refractivity contribution in [3.8, 4) is 11.5 Å². The first-order chi connectivity index (χ1) is 10.7. The maximum atomic E-state index is 11.8. The maximum Gasteiger partial charge on any atom is 0.338 e. The van der Waals surface area contributed by atoms with Crippen LogP contribution < -0.4 is 0 Å². The number of halogens is 1. The quantitative estimate of drug-likeness (QED) is 0.526. The van der Waals surface area contributed by atoms with Crippen LogP contribution in [0.4, 0.5) is 0 Å². The molecule has 0 N–H and O–H groups in total. The Morgan fingerprint density at radius 3 is 2.77 bits per heavy atom. The fraction of sp³-hybridized carbons (Fsp3) is 0.0588. The Labute approximate surface area is 132 Å². The van der Waals surface area contributed by atoms with Crippen LogP contribution in [0.1, 0.15) is 10.4 Å². The first-order valence-corrected chi connectivity index (χ1v) is 7.00. The molecule has 0 fully saturated rings. The molecule has 0 aliphatic heterocycles. The number of oxazole rings is 1. The summed E-state index contributed by atoms with van der Waals surface area (Å²) in [6.45, 7) is 3.68. The van der Waals surface area contributed by atoms with Crippen LogP contribution in [0, 0.1) is 0 Å². The van der Waals surface area contributed by atoms with Gasteiger partial charge in [-0.15, -0.1) is 0 Å². The van der Waals surface area contributed by atoms with Crippen molar-refractivity contribution in [2.24, 2.45) is 0 Å². The number of aromatic nitrogens is 1. The summed E-state index contributed by atoms with van der Waals surface area (Å²) in [5, 5.41) is 0.645. The number of esters is 1. The van der Waals surface area contributed by atoms with E-state index in [2.05, 4.69) is 11.6 Å². The van der Waals surface area contributed by atoms with Gasteiger partial charge in [-0.1, -0.05) is 24.3 Å². The fourth-order valence-corrected chi connectivity index (χ4v) is 2.11. The number of benzene rings is 2. The minimum Gasteiger partial charge on any atom is -0.458 e. The second kappa shape index (κ2) is 6.03. The molecule has 3 rings (SSSR count). The highest BCUT2D eigenvalue weighted by atomic mass is 35.5. The summed E-state index contributed by atoms with van der Waals surface area (Å²) in [7, 11) is 0. The van der Waals surface area contributed by atoms with Crippen LogP contribution in [0.2, 0.25) is 5.02 Å². The van der Waals surface area contributed by atoms with Crippen molar-refractivity contribution < 1.29 is 13.9 Å². The van der Waals surface area contributed by atoms with Crippen LogP contribution in [-0.4, -0.2) is 17.6 Å². The van der Waals surface area contributed by atoms with Gasteiger partial charge in [0.05, 0.1) is 5.56 Å². The molecule has 3 aromatic rings. The average Bonchev–Trinajstić information content (AvgIpc) is 2.96. The van der Waals surface area contributed by atoms with Gasteiger partial charge in [0.15, 0.2) is 5.58 Å². The van der Waals surface area contributed by atoms with Gasteiger partial charge in [-0.05, 0) is 42.5 Å². The lowest BCUT2D eigenvalue weighted by Gasteiger charge is -2.00. The van der Waals surface area contributed by atoms with Crippen molar-refractivity contribution in [1.82, 2.24) is 4.98 Å². The van der Waals surface area contributed by atoms with Gasteiger partial charge >= 0.3 is 5.97 Å². The number of carbonyl (C=O) groups excluding carboxylic acids is 1. The zero-order chi connectivity index (χ0) is 15.5. The summed E-state index contributed by atoms with van der Waals surface area (Å²) < 4.78 is 10.7. The van der Waals surface area contributed by atoms with Gasteiger partial charge in [-0.2, -0.15) is 0 Å². The third-order valence-corrected chi connectivity index (χ3v) is 3.30. The lowest BCUT2D eigenvalue weighted by atomic mass is 10.2. The number of rotatable bonds is 4. The van der Waals surface area contributed by atoms with Crippen LogP contribution in [0.3, 0.4) is 0 Å². The van der Waals surface area contributed by atoms with Crippen molar-refractivity contribution in [3.05, 3.63) is 65.7 Å². The molecule has 0 bridgehead atoms. The van der Waals surface area contributed by atoms with E-state index < -0.39 is 5.97 Å². The summed E-state index contributed by atoms with van der Waals surface area (Å²) in [6.07, 6.45) is 1.52. The van der Waals surface area contributed by atoms with Crippen molar-refractivity contribution in [3.63, 3.8) is 0 Å². The van der Waals surface area contributed by atoms with Crippen LogP contribution in [0.5, 0.6) is 0 Å². The molecular formula is C17H12ClNO3. The van der Waals surface area contributed by atoms with Crippen molar-refractivity contribution >= 4 is 28.7 Å². The van der Waals surface area contributed by atoms with Gasteiger partial charge in [-0.25, -0.2) is 9.78 Å². The summed E-state index contributed by atoms with van der Waals surface area (Å²) >= 11 is 5.87. The molecule has 1 aromatic heterocycles. The minimum absolute atomic E-state index is 0.172. The zero-order valence-corrected chi connectivity index (χ0v) is 12.3. The number of hydrogen-bond donors (Lipinski definition) is 0. The van der Waals surface area contributed by atoms with Gasteiger partial charge in [0.2, 0.25) is 5.89 Å². The molecule has 5 heteroatoms. The normalized spacial score (nSPS) is 10.6. The van der Waals surface area contributed by atoms with E-state index in [9.17, 15) is 4.79 Å². The molecule has 4 nitrogen and oxygen atoms in total. The number of fused-ring (bicyclic) bond motifs is 1. The van der Waals surface area contributed by atoms with E-state index in [1.807, 2.05) is 12.1 Å². The molecule has 1 heterocycles. The summed E-state index contributed by atoms with van der Waals surface area (Å²) in [5.41, 5.74) is 2.44. The van der Waals surface area contributed by atoms with E-state index in [1.54, 1.807) is 30.3 Å². The first kappa shape index (κ1) is 14.4. The predicted octanol–water partition coefficient (Wildman–Crippen LogP) is 4.49. The summed E-state index contributed by atoms with van der Waals surface area (Å²) in [5.74, 6) is 0.0566. The topological polar surface area (TPSA) is 52.3 Å². The van der Waals surface area contributed by atoms with Gasteiger partial charge in [-0.3, -0.25) is 0 Å². The molecule has 22 heavy (non-hydrogen) atoms. The molecule has 0 unspecified atom stereocenters. The van der Waals surface area contributed by atoms with E-state index in [0.29, 0.717) is 27.6 Å². The van der Waals surface area contributed by atoms with Crippen molar-refractivity contribution in [2.45, 2.75) is 0 Å². The van der Waals surface area contributed by atoms with Crippen molar-refractivity contribution in [2.75, 3.05) is 6.61 Å². The van der Waals surface area contributed by atoms with E-state index in [0.717, 1.165) is 5.56 Å². The van der Waals surface area contributed by atoms with E-state index in [1.165, 1.54) is 6.08 Å². The van der Waals surface area contributed by atoms with Crippen LogP contribution in [0.15, 0.2) is 59.5 Å². The molecule has 0 radical (unpaired) electrons. The smallest absolute Gasteiger partial charge is 0.338 e. The lowest BCUT2D eigenvalue weighted by Crippen LogP contribution is -2.04. The molecule has 2 aromatic carbocycles. The average molecular weight is 314 g/mol. The standard InChI is InChI=1S/C17H12ClNO3/c1-2-9-21-17(20)12-5-8-15-14(10-12)19-16(22-15)11-3-6-13(18)7-4-11/h2-8,10H,1,9H2. The molecule has 0 spiro atoms. The van der Waals surface area contributed by atoms with Crippen LogP contribution in [-0.2, 0) is 4.74 Å². The van der Waals surface area contributed by atoms with Gasteiger partial charge in [0, 0.05) is 10.6 Å². The van der Waals surface area contributed by atoms with E-state index in [-0.39, 0.29) is 6.61 Å². The Kier molecular flexibility index (Phi) is 3.94. The second-order valence-corrected chi connectivity index (χ2v) is 5.03. The maximum absolute atomic E-state index is 11.8. The Bertz CT molecular complexity index is 837.